The van der Waals surface area contributed by atoms with Gasteiger partial charge in [-0.2, -0.15) is 5.10 Å². The van der Waals surface area contributed by atoms with Gasteiger partial charge in [-0.1, -0.05) is 25.7 Å². The standard InChI is InChI=1S/C12H21N3S/c13-11(16)15-14-10-6-2-5-9-12(10)7-3-1-4-8-12/h1-9H2,(H3,13,15,16). The third-order valence-electron chi connectivity index (χ3n) is 4.04. The summed E-state index contributed by atoms with van der Waals surface area (Å²) >= 11 is 4.81. The molecule has 0 atom stereocenters. The van der Waals surface area contributed by atoms with Gasteiger partial charge in [0.25, 0.3) is 0 Å². The molecule has 0 heterocycles. The van der Waals surface area contributed by atoms with Crippen LogP contribution in [0.5, 0.6) is 0 Å². The maximum atomic E-state index is 5.44. The molecule has 2 aliphatic rings. The smallest absolute Gasteiger partial charge is 0.184 e. The first-order valence-corrected chi connectivity index (χ1v) is 6.76. The Balaban J connectivity index is 2.12. The second-order valence-electron chi connectivity index (χ2n) is 5.08. The molecule has 0 aromatic rings. The average molecular weight is 239 g/mol. The van der Waals surface area contributed by atoms with Crippen molar-refractivity contribution >= 4 is 23.0 Å². The quantitative estimate of drug-likeness (QED) is 0.546. The maximum Gasteiger partial charge on any atom is 0.184 e. The fraction of sp³-hybridized carbons (Fsp3) is 0.833. The molecule has 0 aliphatic heterocycles. The Morgan fingerprint density at radius 1 is 1.12 bits per heavy atom. The highest BCUT2D eigenvalue weighted by molar-refractivity contribution is 7.80. The highest BCUT2D eigenvalue weighted by atomic mass is 32.1. The Morgan fingerprint density at radius 2 is 1.75 bits per heavy atom. The van der Waals surface area contributed by atoms with Crippen molar-refractivity contribution in [3.63, 3.8) is 0 Å². The maximum absolute atomic E-state index is 5.44. The monoisotopic (exact) mass is 239 g/mol. The Labute approximate surface area is 103 Å². The van der Waals surface area contributed by atoms with Gasteiger partial charge in [0.1, 0.15) is 0 Å². The van der Waals surface area contributed by atoms with E-state index in [1.807, 2.05) is 0 Å². The fourth-order valence-corrected chi connectivity index (χ4v) is 3.28. The number of rotatable bonds is 1. The third kappa shape index (κ3) is 2.54. The number of nitrogens with zero attached hydrogens (tertiary/aromatic N) is 1. The molecule has 4 heteroatoms. The van der Waals surface area contributed by atoms with E-state index in [-0.39, 0.29) is 5.11 Å². The number of nitrogens with two attached hydrogens (primary N) is 1. The Morgan fingerprint density at radius 3 is 2.38 bits per heavy atom. The lowest BCUT2D eigenvalue weighted by atomic mass is 9.64. The van der Waals surface area contributed by atoms with E-state index in [1.54, 1.807) is 0 Å². The molecule has 0 saturated heterocycles. The topological polar surface area (TPSA) is 50.4 Å². The third-order valence-corrected chi connectivity index (χ3v) is 4.13. The van der Waals surface area contributed by atoms with Gasteiger partial charge >= 0.3 is 0 Å². The minimum atomic E-state index is 0.282. The number of thiocarbonyl (C=S) groups is 1. The van der Waals surface area contributed by atoms with E-state index >= 15 is 0 Å². The number of hydrazone groups is 1. The molecule has 0 aromatic heterocycles. The van der Waals surface area contributed by atoms with Crippen molar-refractivity contribution in [3.05, 3.63) is 0 Å². The molecule has 3 N–H and O–H groups in total. The molecule has 0 amide bonds. The summed E-state index contributed by atoms with van der Waals surface area (Å²) < 4.78 is 0. The first kappa shape index (κ1) is 11.8. The molecule has 2 fully saturated rings. The zero-order chi connectivity index (χ0) is 11.4. The van der Waals surface area contributed by atoms with Crippen LogP contribution in [0, 0.1) is 5.41 Å². The van der Waals surface area contributed by atoms with Gasteiger partial charge < -0.3 is 5.73 Å². The van der Waals surface area contributed by atoms with Crippen molar-refractivity contribution < 1.29 is 0 Å². The van der Waals surface area contributed by atoms with E-state index in [9.17, 15) is 0 Å². The van der Waals surface area contributed by atoms with E-state index in [4.69, 9.17) is 18.0 Å². The number of hydrogen-bond donors (Lipinski definition) is 2. The minimum absolute atomic E-state index is 0.282. The van der Waals surface area contributed by atoms with Crippen molar-refractivity contribution in [2.24, 2.45) is 16.3 Å². The van der Waals surface area contributed by atoms with E-state index < -0.39 is 0 Å². The largest absolute Gasteiger partial charge is 0.375 e. The summed E-state index contributed by atoms with van der Waals surface area (Å²) in [7, 11) is 0. The Kier molecular flexibility index (Phi) is 3.79. The van der Waals surface area contributed by atoms with E-state index in [2.05, 4.69) is 10.5 Å². The second kappa shape index (κ2) is 5.13. The molecule has 16 heavy (non-hydrogen) atoms. The van der Waals surface area contributed by atoms with Gasteiger partial charge in [-0.25, -0.2) is 0 Å². The summed E-state index contributed by atoms with van der Waals surface area (Å²) in [5, 5.41) is 4.74. The molecule has 0 aromatic carbocycles. The van der Waals surface area contributed by atoms with Crippen LogP contribution in [0.2, 0.25) is 0 Å². The first-order chi connectivity index (χ1) is 7.73. The van der Waals surface area contributed by atoms with Gasteiger partial charge in [-0.15, -0.1) is 0 Å². The summed E-state index contributed by atoms with van der Waals surface area (Å²) in [5.74, 6) is 0. The lowest BCUT2D eigenvalue weighted by Crippen LogP contribution is -2.38. The fourth-order valence-electron chi connectivity index (χ4n) is 3.23. The molecule has 0 unspecified atom stereocenters. The molecule has 0 radical (unpaired) electrons. The highest BCUT2D eigenvalue weighted by Crippen LogP contribution is 2.45. The Hall–Kier alpha value is -0.640. The van der Waals surface area contributed by atoms with Crippen LogP contribution in [0.25, 0.3) is 0 Å². The van der Waals surface area contributed by atoms with E-state index in [0.29, 0.717) is 5.41 Å². The van der Waals surface area contributed by atoms with Gasteiger partial charge in [-0.05, 0) is 44.3 Å². The molecule has 2 saturated carbocycles. The van der Waals surface area contributed by atoms with Crippen molar-refractivity contribution in [1.29, 1.82) is 0 Å². The van der Waals surface area contributed by atoms with E-state index in [0.717, 1.165) is 6.42 Å². The van der Waals surface area contributed by atoms with Crippen LogP contribution < -0.4 is 11.2 Å². The molecule has 0 bridgehead atoms. The van der Waals surface area contributed by atoms with Crippen molar-refractivity contribution in [1.82, 2.24) is 5.43 Å². The summed E-state index contributed by atoms with van der Waals surface area (Å²) in [6.45, 7) is 0. The first-order valence-electron chi connectivity index (χ1n) is 6.35. The summed E-state index contributed by atoms with van der Waals surface area (Å²) in [4.78, 5) is 0. The predicted octanol–water partition coefficient (Wildman–Crippen LogP) is 2.70. The lowest BCUT2D eigenvalue weighted by molar-refractivity contribution is 0.239. The zero-order valence-electron chi connectivity index (χ0n) is 9.80. The second-order valence-corrected chi connectivity index (χ2v) is 5.52. The number of hydrogen-bond acceptors (Lipinski definition) is 2. The molecule has 3 nitrogen and oxygen atoms in total. The highest BCUT2D eigenvalue weighted by Gasteiger charge is 2.38. The van der Waals surface area contributed by atoms with Crippen LogP contribution in [0.15, 0.2) is 5.10 Å². The normalized spacial score (nSPS) is 26.9. The van der Waals surface area contributed by atoms with Crippen LogP contribution in [0.4, 0.5) is 0 Å². The molecule has 2 rings (SSSR count). The minimum Gasteiger partial charge on any atom is -0.375 e. The molecule has 1 spiro atoms. The Bertz CT molecular complexity index is 284. The molecule has 2 aliphatic carbocycles. The van der Waals surface area contributed by atoms with Crippen LogP contribution in [-0.4, -0.2) is 10.8 Å². The summed E-state index contributed by atoms with van der Waals surface area (Å²) in [5.41, 5.74) is 9.93. The van der Waals surface area contributed by atoms with E-state index in [1.165, 1.54) is 57.1 Å². The molecular formula is C12H21N3S. The van der Waals surface area contributed by atoms with Gasteiger partial charge in [0.15, 0.2) is 5.11 Å². The van der Waals surface area contributed by atoms with Crippen LogP contribution >= 0.6 is 12.2 Å². The molecule has 90 valence electrons. The van der Waals surface area contributed by atoms with Crippen molar-refractivity contribution in [2.75, 3.05) is 0 Å². The van der Waals surface area contributed by atoms with Gasteiger partial charge in [0.05, 0.1) is 0 Å². The predicted molar refractivity (Wildman–Crippen MR) is 71.3 cm³/mol. The van der Waals surface area contributed by atoms with Crippen LogP contribution in [0.1, 0.15) is 57.8 Å². The van der Waals surface area contributed by atoms with Gasteiger partial charge in [-0.3, -0.25) is 5.43 Å². The lowest BCUT2D eigenvalue weighted by Gasteiger charge is -2.41. The van der Waals surface area contributed by atoms with Crippen molar-refractivity contribution in [2.45, 2.75) is 57.8 Å². The van der Waals surface area contributed by atoms with Crippen LogP contribution in [0.3, 0.4) is 0 Å². The molecular weight excluding hydrogens is 218 g/mol. The summed E-state index contributed by atoms with van der Waals surface area (Å²) in [6, 6.07) is 0. The van der Waals surface area contributed by atoms with Crippen molar-refractivity contribution in [3.8, 4) is 0 Å². The van der Waals surface area contributed by atoms with Crippen LogP contribution in [-0.2, 0) is 0 Å². The van der Waals surface area contributed by atoms with Gasteiger partial charge in [0.2, 0.25) is 0 Å². The van der Waals surface area contributed by atoms with Gasteiger partial charge in [0, 0.05) is 11.1 Å². The SMILES string of the molecule is NC(=S)NN=C1CCCCC12CCCCC2. The average Bonchev–Trinajstić information content (AvgIpc) is 2.29. The number of nitrogens with one attached hydrogen (secondary N) is 1. The summed E-state index contributed by atoms with van der Waals surface area (Å²) in [6.07, 6.45) is 11.8. The zero-order valence-corrected chi connectivity index (χ0v) is 10.6.